The molecule has 1 aromatic carbocycles. The van der Waals surface area contributed by atoms with Crippen molar-refractivity contribution in [2.45, 2.75) is 33.2 Å². The fraction of sp³-hybridized carbons (Fsp3) is 0.625. The SMILES string of the molecule is CCCNC(COCC(C)C)c1cccc(OC)c1. The summed E-state index contributed by atoms with van der Waals surface area (Å²) in [6.07, 6.45) is 1.12. The second-order valence-corrected chi connectivity index (χ2v) is 5.21. The molecule has 19 heavy (non-hydrogen) atoms. The number of ether oxygens (including phenoxy) is 2. The monoisotopic (exact) mass is 265 g/mol. The van der Waals surface area contributed by atoms with Crippen LogP contribution in [0.15, 0.2) is 24.3 Å². The third-order valence-corrected chi connectivity index (χ3v) is 2.87. The Kier molecular flexibility index (Phi) is 7.53. The Bertz CT molecular complexity index is 352. The second-order valence-electron chi connectivity index (χ2n) is 5.21. The summed E-state index contributed by atoms with van der Waals surface area (Å²) in [5.74, 6) is 1.46. The Hall–Kier alpha value is -1.06. The summed E-state index contributed by atoms with van der Waals surface area (Å²) in [5.41, 5.74) is 1.22. The summed E-state index contributed by atoms with van der Waals surface area (Å²) >= 11 is 0. The molecule has 1 rings (SSSR count). The highest BCUT2D eigenvalue weighted by Gasteiger charge is 2.12. The number of hydrogen-bond acceptors (Lipinski definition) is 3. The highest BCUT2D eigenvalue weighted by atomic mass is 16.5. The first-order chi connectivity index (χ1) is 9.17. The van der Waals surface area contributed by atoms with Crippen molar-refractivity contribution in [1.82, 2.24) is 5.32 Å². The Morgan fingerprint density at radius 2 is 2.00 bits per heavy atom. The van der Waals surface area contributed by atoms with Crippen molar-refractivity contribution in [2.24, 2.45) is 5.92 Å². The third-order valence-electron chi connectivity index (χ3n) is 2.87. The zero-order valence-corrected chi connectivity index (χ0v) is 12.6. The quantitative estimate of drug-likeness (QED) is 0.742. The second kappa shape index (κ2) is 8.94. The number of hydrogen-bond donors (Lipinski definition) is 1. The minimum atomic E-state index is 0.230. The van der Waals surface area contributed by atoms with E-state index in [0.717, 1.165) is 25.3 Å². The van der Waals surface area contributed by atoms with Crippen molar-refractivity contribution in [3.63, 3.8) is 0 Å². The van der Waals surface area contributed by atoms with E-state index in [9.17, 15) is 0 Å². The number of rotatable bonds is 9. The molecule has 3 nitrogen and oxygen atoms in total. The van der Waals surface area contributed by atoms with Crippen LogP contribution in [-0.4, -0.2) is 26.9 Å². The molecule has 0 bridgehead atoms. The Morgan fingerprint density at radius 3 is 2.63 bits per heavy atom. The van der Waals surface area contributed by atoms with Gasteiger partial charge in [-0.3, -0.25) is 0 Å². The topological polar surface area (TPSA) is 30.5 Å². The van der Waals surface area contributed by atoms with Crippen LogP contribution in [0, 0.1) is 5.92 Å². The summed E-state index contributed by atoms with van der Waals surface area (Å²) in [7, 11) is 1.70. The van der Waals surface area contributed by atoms with Crippen molar-refractivity contribution in [1.29, 1.82) is 0 Å². The molecule has 0 heterocycles. The molecule has 0 amide bonds. The molecule has 0 fully saturated rings. The molecule has 0 saturated carbocycles. The van der Waals surface area contributed by atoms with Gasteiger partial charge in [-0.1, -0.05) is 32.9 Å². The van der Waals surface area contributed by atoms with Gasteiger partial charge in [0, 0.05) is 6.61 Å². The van der Waals surface area contributed by atoms with E-state index in [1.54, 1.807) is 7.11 Å². The predicted molar refractivity (Wildman–Crippen MR) is 79.7 cm³/mol. The van der Waals surface area contributed by atoms with Crippen LogP contribution in [0.4, 0.5) is 0 Å². The largest absolute Gasteiger partial charge is 0.497 e. The van der Waals surface area contributed by atoms with Crippen LogP contribution >= 0.6 is 0 Å². The van der Waals surface area contributed by atoms with Gasteiger partial charge in [0.15, 0.2) is 0 Å². The minimum Gasteiger partial charge on any atom is -0.497 e. The first-order valence-electron chi connectivity index (χ1n) is 7.12. The van der Waals surface area contributed by atoms with Crippen LogP contribution < -0.4 is 10.1 Å². The molecule has 3 heteroatoms. The average Bonchev–Trinajstić information content (AvgIpc) is 2.42. The van der Waals surface area contributed by atoms with E-state index in [2.05, 4.69) is 38.2 Å². The molecule has 0 radical (unpaired) electrons. The van der Waals surface area contributed by atoms with E-state index >= 15 is 0 Å². The summed E-state index contributed by atoms with van der Waals surface area (Å²) in [6.45, 7) is 9.00. The van der Waals surface area contributed by atoms with Gasteiger partial charge in [0.2, 0.25) is 0 Å². The Labute approximate surface area is 117 Å². The van der Waals surface area contributed by atoms with Crippen LogP contribution in [0.1, 0.15) is 38.8 Å². The van der Waals surface area contributed by atoms with Crippen molar-refractivity contribution >= 4 is 0 Å². The van der Waals surface area contributed by atoms with E-state index < -0.39 is 0 Å². The average molecular weight is 265 g/mol. The number of benzene rings is 1. The van der Waals surface area contributed by atoms with Gasteiger partial charge in [0.25, 0.3) is 0 Å². The molecule has 0 aliphatic heterocycles. The summed E-state index contributed by atoms with van der Waals surface area (Å²) in [5, 5.41) is 3.53. The van der Waals surface area contributed by atoms with Gasteiger partial charge in [0.1, 0.15) is 5.75 Å². The molecule has 1 atom stereocenters. The fourth-order valence-electron chi connectivity index (χ4n) is 1.87. The van der Waals surface area contributed by atoms with Crippen LogP contribution in [-0.2, 0) is 4.74 Å². The summed E-state index contributed by atoms with van der Waals surface area (Å²) < 4.78 is 11.1. The highest BCUT2D eigenvalue weighted by molar-refractivity contribution is 5.30. The minimum absolute atomic E-state index is 0.230. The van der Waals surface area contributed by atoms with Gasteiger partial charge in [-0.2, -0.15) is 0 Å². The molecule has 1 aromatic rings. The molecule has 1 N–H and O–H groups in total. The van der Waals surface area contributed by atoms with Crippen LogP contribution in [0.3, 0.4) is 0 Å². The first kappa shape index (κ1) is 16.0. The molecule has 108 valence electrons. The van der Waals surface area contributed by atoms with Gasteiger partial charge in [0.05, 0.1) is 19.8 Å². The van der Waals surface area contributed by atoms with E-state index in [4.69, 9.17) is 9.47 Å². The van der Waals surface area contributed by atoms with Crippen LogP contribution in [0.5, 0.6) is 5.75 Å². The normalized spacial score (nSPS) is 12.7. The zero-order valence-electron chi connectivity index (χ0n) is 12.6. The molecule has 1 unspecified atom stereocenters. The van der Waals surface area contributed by atoms with Crippen molar-refractivity contribution in [2.75, 3.05) is 26.9 Å². The van der Waals surface area contributed by atoms with Crippen molar-refractivity contribution in [3.8, 4) is 5.75 Å². The lowest BCUT2D eigenvalue weighted by molar-refractivity contribution is 0.0901. The van der Waals surface area contributed by atoms with Crippen molar-refractivity contribution < 1.29 is 9.47 Å². The number of nitrogens with one attached hydrogen (secondary N) is 1. The first-order valence-corrected chi connectivity index (χ1v) is 7.12. The molecule has 0 aromatic heterocycles. The number of methoxy groups -OCH3 is 1. The molecule has 0 spiro atoms. The molecule has 0 aliphatic carbocycles. The van der Waals surface area contributed by atoms with E-state index in [1.807, 2.05) is 12.1 Å². The molecular weight excluding hydrogens is 238 g/mol. The Balaban J connectivity index is 2.65. The summed E-state index contributed by atoms with van der Waals surface area (Å²) in [6, 6.07) is 8.42. The van der Waals surface area contributed by atoms with Crippen LogP contribution in [0.2, 0.25) is 0 Å². The lowest BCUT2D eigenvalue weighted by Crippen LogP contribution is -2.27. The van der Waals surface area contributed by atoms with Gasteiger partial charge >= 0.3 is 0 Å². The standard InChI is InChI=1S/C16H27NO2/c1-5-9-17-16(12-19-11-13(2)3)14-7-6-8-15(10-14)18-4/h6-8,10,13,16-17H,5,9,11-12H2,1-4H3. The van der Waals surface area contributed by atoms with Gasteiger partial charge < -0.3 is 14.8 Å². The zero-order chi connectivity index (χ0) is 14.1. The van der Waals surface area contributed by atoms with Gasteiger partial charge in [-0.15, -0.1) is 0 Å². The maximum absolute atomic E-state index is 5.78. The van der Waals surface area contributed by atoms with Crippen molar-refractivity contribution in [3.05, 3.63) is 29.8 Å². The third kappa shape index (κ3) is 6.08. The smallest absolute Gasteiger partial charge is 0.119 e. The lowest BCUT2D eigenvalue weighted by Gasteiger charge is -2.20. The fourth-order valence-corrected chi connectivity index (χ4v) is 1.87. The highest BCUT2D eigenvalue weighted by Crippen LogP contribution is 2.19. The lowest BCUT2D eigenvalue weighted by atomic mass is 10.1. The van der Waals surface area contributed by atoms with Gasteiger partial charge in [-0.05, 0) is 36.6 Å². The molecular formula is C16H27NO2. The molecule has 0 aliphatic rings. The van der Waals surface area contributed by atoms with Crippen LogP contribution in [0.25, 0.3) is 0 Å². The predicted octanol–water partition coefficient (Wildman–Crippen LogP) is 3.41. The Morgan fingerprint density at radius 1 is 1.21 bits per heavy atom. The summed E-state index contributed by atoms with van der Waals surface area (Å²) in [4.78, 5) is 0. The maximum Gasteiger partial charge on any atom is 0.119 e. The van der Waals surface area contributed by atoms with E-state index in [1.165, 1.54) is 5.56 Å². The van der Waals surface area contributed by atoms with E-state index in [0.29, 0.717) is 12.5 Å². The van der Waals surface area contributed by atoms with E-state index in [-0.39, 0.29) is 6.04 Å². The maximum atomic E-state index is 5.78. The molecule has 0 saturated heterocycles. The van der Waals surface area contributed by atoms with Gasteiger partial charge in [-0.25, -0.2) is 0 Å².